The lowest BCUT2D eigenvalue weighted by Gasteiger charge is -2.24. The van der Waals surface area contributed by atoms with Crippen molar-refractivity contribution in [2.45, 2.75) is 24.8 Å². The molecule has 1 saturated heterocycles. The van der Waals surface area contributed by atoms with Gasteiger partial charge in [-0.15, -0.1) is 11.8 Å². The van der Waals surface area contributed by atoms with Crippen LogP contribution in [0.4, 0.5) is 0 Å². The smallest absolute Gasteiger partial charge is 0.159 e. The second kappa shape index (κ2) is 6.67. The van der Waals surface area contributed by atoms with Gasteiger partial charge in [0.25, 0.3) is 0 Å². The zero-order valence-electron chi connectivity index (χ0n) is 12.1. The highest BCUT2D eigenvalue weighted by atomic mass is 35.5. The molecule has 0 N–H and O–H groups in total. The molecule has 3 rings (SSSR count). The van der Waals surface area contributed by atoms with Gasteiger partial charge < -0.3 is 9.42 Å². The van der Waals surface area contributed by atoms with Crippen LogP contribution in [-0.4, -0.2) is 40.8 Å². The minimum atomic E-state index is 0.249. The van der Waals surface area contributed by atoms with Crippen molar-refractivity contribution in [1.29, 1.82) is 0 Å². The molecule has 21 heavy (non-hydrogen) atoms. The summed E-state index contributed by atoms with van der Waals surface area (Å²) in [6.45, 7) is 1.03. The van der Waals surface area contributed by atoms with Gasteiger partial charge in [-0.3, -0.25) is 4.99 Å². The first-order valence-corrected chi connectivity index (χ1v) is 9.55. The number of allylic oxidation sites excluding steroid dienone is 1. The molecule has 3 heterocycles. The van der Waals surface area contributed by atoms with Crippen molar-refractivity contribution < 1.29 is 4.52 Å². The Bertz CT molecular complexity index is 572. The molecule has 0 spiro atoms. The van der Waals surface area contributed by atoms with Gasteiger partial charge in [-0.2, -0.15) is 0 Å². The lowest BCUT2D eigenvalue weighted by Crippen LogP contribution is -2.28. The number of aliphatic imine (C=N–C) groups is 1. The lowest BCUT2D eigenvalue weighted by atomic mass is 10.1. The van der Waals surface area contributed by atoms with Gasteiger partial charge in [-0.1, -0.05) is 28.5 Å². The fourth-order valence-corrected chi connectivity index (χ4v) is 4.70. The molecule has 0 radical (unpaired) electrons. The summed E-state index contributed by atoms with van der Waals surface area (Å²) in [5.41, 5.74) is 1.01. The number of likely N-dealkylation sites (tertiary alicyclic amines) is 1. The molecule has 1 aromatic rings. The Balaban J connectivity index is 1.79. The summed E-state index contributed by atoms with van der Waals surface area (Å²) in [7, 11) is 1.85. The Hall–Kier alpha value is -0.590. The van der Waals surface area contributed by atoms with E-state index < -0.39 is 0 Å². The van der Waals surface area contributed by atoms with Crippen LogP contribution in [0, 0.1) is 0 Å². The molecule has 7 heteroatoms. The molecule has 2 aliphatic rings. The van der Waals surface area contributed by atoms with Crippen molar-refractivity contribution in [3.05, 3.63) is 28.0 Å². The first kappa shape index (κ1) is 15.3. The monoisotopic (exact) mass is 343 g/mol. The van der Waals surface area contributed by atoms with Crippen molar-refractivity contribution in [2.75, 3.05) is 25.6 Å². The van der Waals surface area contributed by atoms with E-state index in [2.05, 4.69) is 27.4 Å². The third-order valence-corrected chi connectivity index (χ3v) is 6.03. The van der Waals surface area contributed by atoms with Gasteiger partial charge in [0.2, 0.25) is 0 Å². The number of nitrogens with zero attached hydrogens (tertiary/aromatic N) is 3. The van der Waals surface area contributed by atoms with Gasteiger partial charge in [-0.25, -0.2) is 0 Å². The molecule has 4 nitrogen and oxygen atoms in total. The minimum Gasteiger partial charge on any atom is -0.360 e. The van der Waals surface area contributed by atoms with E-state index in [9.17, 15) is 0 Å². The summed E-state index contributed by atoms with van der Waals surface area (Å²) in [5.74, 6) is 2.10. The van der Waals surface area contributed by atoms with Crippen molar-refractivity contribution in [2.24, 2.45) is 4.99 Å². The fourth-order valence-electron chi connectivity index (χ4n) is 2.86. The molecular formula is C14H18ClN3OS2. The average Bonchev–Trinajstić information content (AvgIpc) is 3.18. The van der Waals surface area contributed by atoms with Crippen LogP contribution >= 0.6 is 35.1 Å². The topological polar surface area (TPSA) is 41.6 Å². The molecule has 0 saturated carbocycles. The zero-order valence-corrected chi connectivity index (χ0v) is 14.5. The number of aromatic nitrogens is 1. The standard InChI is InChI=1S/C14H18ClN3OS2/c1-16-14(20-2)18-5-3-4-11(18)10-7-12(19-17-10)9-6-13(15)21-8-9/h6-7,9,11H,3-5,8H2,1-2H3/b16-14-/t9?,11-/m1/s1. The molecule has 1 unspecified atom stereocenters. The third-order valence-electron chi connectivity index (χ3n) is 3.86. The molecule has 1 aromatic heterocycles. The maximum atomic E-state index is 6.03. The summed E-state index contributed by atoms with van der Waals surface area (Å²) in [5, 5.41) is 5.38. The summed E-state index contributed by atoms with van der Waals surface area (Å²) >= 11 is 9.37. The Morgan fingerprint density at radius 2 is 2.48 bits per heavy atom. The summed E-state index contributed by atoms with van der Waals surface area (Å²) < 4.78 is 6.41. The Morgan fingerprint density at radius 3 is 3.14 bits per heavy atom. The number of rotatable bonds is 2. The predicted octanol–water partition coefficient (Wildman–Crippen LogP) is 4.07. The molecule has 1 fully saturated rings. The molecule has 2 atom stereocenters. The van der Waals surface area contributed by atoms with Gasteiger partial charge in [-0.05, 0) is 25.2 Å². The average molecular weight is 344 g/mol. The van der Waals surface area contributed by atoms with E-state index in [0.29, 0.717) is 0 Å². The second-order valence-corrected chi connectivity index (χ2v) is 7.57. The highest BCUT2D eigenvalue weighted by Gasteiger charge is 2.31. The zero-order chi connectivity index (χ0) is 14.8. The van der Waals surface area contributed by atoms with E-state index >= 15 is 0 Å². The first-order valence-electron chi connectivity index (χ1n) is 6.97. The van der Waals surface area contributed by atoms with Crippen LogP contribution in [0.2, 0.25) is 0 Å². The summed E-state index contributed by atoms with van der Waals surface area (Å²) in [6, 6.07) is 2.37. The number of hydrogen-bond acceptors (Lipinski definition) is 5. The van der Waals surface area contributed by atoms with Crippen molar-refractivity contribution in [3.63, 3.8) is 0 Å². The van der Waals surface area contributed by atoms with Crippen LogP contribution in [-0.2, 0) is 0 Å². The minimum absolute atomic E-state index is 0.249. The van der Waals surface area contributed by atoms with Gasteiger partial charge >= 0.3 is 0 Å². The predicted molar refractivity (Wildman–Crippen MR) is 91.2 cm³/mol. The van der Waals surface area contributed by atoms with Crippen LogP contribution in [0.1, 0.15) is 36.3 Å². The molecule has 114 valence electrons. The van der Waals surface area contributed by atoms with Gasteiger partial charge in [0.1, 0.15) is 11.5 Å². The van der Waals surface area contributed by atoms with Crippen molar-refractivity contribution in [1.82, 2.24) is 10.1 Å². The largest absolute Gasteiger partial charge is 0.360 e. The normalized spacial score (nSPS) is 26.5. The number of amidine groups is 1. The molecule has 0 aromatic carbocycles. The van der Waals surface area contributed by atoms with Gasteiger partial charge in [0.15, 0.2) is 5.17 Å². The highest BCUT2D eigenvalue weighted by molar-refractivity contribution is 8.13. The maximum absolute atomic E-state index is 6.03. The molecule has 0 amide bonds. The Labute approximate surface area is 138 Å². The van der Waals surface area contributed by atoms with Crippen molar-refractivity contribution >= 4 is 40.3 Å². The Morgan fingerprint density at radius 1 is 1.62 bits per heavy atom. The number of hydrogen-bond donors (Lipinski definition) is 0. The van der Waals surface area contributed by atoms with Crippen molar-refractivity contribution in [3.8, 4) is 0 Å². The number of thioether (sulfide) groups is 2. The van der Waals surface area contributed by atoms with E-state index in [1.54, 1.807) is 23.5 Å². The fraction of sp³-hybridized carbons (Fsp3) is 0.571. The quantitative estimate of drug-likeness (QED) is 0.598. The van der Waals surface area contributed by atoms with Gasteiger partial charge in [0.05, 0.1) is 10.4 Å². The van der Waals surface area contributed by atoms with Crippen LogP contribution in [0.25, 0.3) is 0 Å². The van der Waals surface area contributed by atoms with Crippen LogP contribution < -0.4 is 0 Å². The SMILES string of the molecule is C/N=C(\SC)N1CCC[C@@H]1c1cc(C2C=C(Cl)SC2)on1. The van der Waals surface area contributed by atoms with Crippen LogP contribution in [0.3, 0.4) is 0 Å². The van der Waals surface area contributed by atoms with E-state index in [0.717, 1.165) is 46.1 Å². The van der Waals surface area contributed by atoms with Gasteiger partial charge in [0, 0.05) is 31.3 Å². The van der Waals surface area contributed by atoms with E-state index in [4.69, 9.17) is 16.1 Å². The summed E-state index contributed by atoms with van der Waals surface area (Å²) in [4.78, 5) is 6.71. The molecule has 2 aliphatic heterocycles. The first-order chi connectivity index (χ1) is 10.2. The van der Waals surface area contributed by atoms with Crippen LogP contribution in [0.15, 0.2) is 26.0 Å². The maximum Gasteiger partial charge on any atom is 0.159 e. The van der Waals surface area contributed by atoms with Crippen LogP contribution in [0.5, 0.6) is 0 Å². The van der Waals surface area contributed by atoms with E-state index in [1.165, 1.54) is 0 Å². The van der Waals surface area contributed by atoms with E-state index in [-0.39, 0.29) is 12.0 Å². The highest BCUT2D eigenvalue weighted by Crippen LogP contribution is 2.39. The molecular weight excluding hydrogens is 326 g/mol. The molecule has 0 aliphatic carbocycles. The molecule has 0 bridgehead atoms. The van der Waals surface area contributed by atoms with E-state index in [1.807, 2.05) is 13.1 Å². The lowest BCUT2D eigenvalue weighted by molar-refractivity contribution is 0.342. The third kappa shape index (κ3) is 3.12. The second-order valence-electron chi connectivity index (χ2n) is 5.10. The summed E-state index contributed by atoms with van der Waals surface area (Å²) in [6.07, 6.45) is 6.37. The Kier molecular flexibility index (Phi) is 4.86. The number of halogens is 1.